The Hall–Kier alpha value is -2.64. The first-order valence-corrected chi connectivity index (χ1v) is 9.46. The average Bonchev–Trinajstić information content (AvgIpc) is 3.04. The van der Waals surface area contributed by atoms with Crippen molar-refractivity contribution in [1.29, 1.82) is 0 Å². The average molecular weight is 386 g/mol. The number of thiazole rings is 1. The van der Waals surface area contributed by atoms with Crippen LogP contribution >= 0.6 is 11.3 Å². The van der Waals surface area contributed by atoms with E-state index >= 15 is 0 Å². The van der Waals surface area contributed by atoms with Crippen LogP contribution in [0.15, 0.2) is 47.5 Å². The Bertz CT molecular complexity index is 1010. The number of fused-ring (bicyclic) bond motifs is 1. The number of benzene rings is 2. The first-order chi connectivity index (χ1) is 13.2. The number of hydrogen-bond acceptors (Lipinski definition) is 5. The molecule has 6 nitrogen and oxygen atoms in total. The van der Waals surface area contributed by atoms with Crippen molar-refractivity contribution in [3.63, 3.8) is 0 Å². The third kappa shape index (κ3) is 4.20. The molecule has 7 heteroatoms. The summed E-state index contributed by atoms with van der Waals surface area (Å²) in [5.74, 6) is 0.939. The molecule has 0 bridgehead atoms. The molecule has 0 saturated carbocycles. The van der Waals surface area contributed by atoms with Crippen LogP contribution in [0.1, 0.15) is 17.3 Å². The number of rotatable bonds is 7. The third-order valence-electron chi connectivity index (χ3n) is 4.09. The van der Waals surface area contributed by atoms with E-state index in [0.29, 0.717) is 35.9 Å². The van der Waals surface area contributed by atoms with Gasteiger partial charge in [0.25, 0.3) is 5.91 Å². The molecule has 0 radical (unpaired) electrons. The molecule has 1 aromatic heterocycles. The first kappa shape index (κ1) is 19.1. The van der Waals surface area contributed by atoms with E-state index in [2.05, 4.69) is 4.99 Å². The highest BCUT2D eigenvalue weighted by Gasteiger charge is 2.13. The van der Waals surface area contributed by atoms with Gasteiger partial charge in [0, 0.05) is 13.2 Å². The minimum Gasteiger partial charge on any atom is -0.497 e. The molecule has 0 unspecified atom stereocenters. The molecule has 0 spiro atoms. The minimum absolute atomic E-state index is 0.337. The van der Waals surface area contributed by atoms with E-state index in [0.717, 1.165) is 16.0 Å². The van der Waals surface area contributed by atoms with Gasteiger partial charge >= 0.3 is 0 Å². The normalized spacial score (nSPS) is 11.7. The number of hydrogen-bond donors (Lipinski definition) is 0. The standard InChI is InChI=1S/C20H22N2O4S/c1-4-26-12-11-22-16-10-9-14(24-2)13-18(16)27-20(22)21-19(23)15-7-5-6-8-17(15)25-3/h5-10,13H,4,11-12H2,1-3H3. The molecule has 0 aliphatic carbocycles. The molecule has 0 aliphatic rings. The van der Waals surface area contributed by atoms with Crippen molar-refractivity contribution in [1.82, 2.24) is 4.57 Å². The largest absolute Gasteiger partial charge is 0.497 e. The fraction of sp³-hybridized carbons (Fsp3) is 0.300. The van der Waals surface area contributed by atoms with Gasteiger partial charge in [-0.25, -0.2) is 0 Å². The molecular weight excluding hydrogens is 364 g/mol. The summed E-state index contributed by atoms with van der Waals surface area (Å²) in [7, 11) is 3.18. The molecule has 1 heterocycles. The van der Waals surface area contributed by atoms with Crippen molar-refractivity contribution in [3.8, 4) is 11.5 Å². The van der Waals surface area contributed by atoms with Crippen molar-refractivity contribution < 1.29 is 19.0 Å². The first-order valence-electron chi connectivity index (χ1n) is 8.65. The number of amides is 1. The summed E-state index contributed by atoms with van der Waals surface area (Å²) >= 11 is 1.45. The zero-order valence-corrected chi connectivity index (χ0v) is 16.4. The lowest BCUT2D eigenvalue weighted by molar-refractivity contribution is 0.0993. The molecular formula is C20H22N2O4S. The Kier molecular flexibility index (Phi) is 6.26. The van der Waals surface area contributed by atoms with Crippen LogP contribution in [0, 0.1) is 0 Å². The summed E-state index contributed by atoms with van der Waals surface area (Å²) in [6, 6.07) is 12.9. The number of para-hydroxylation sites is 1. The SMILES string of the molecule is CCOCCn1c(=NC(=O)c2ccccc2OC)sc2cc(OC)ccc21. The minimum atomic E-state index is -0.337. The van der Waals surface area contributed by atoms with Gasteiger partial charge in [-0.3, -0.25) is 4.79 Å². The predicted octanol–water partition coefficient (Wildman–Crippen LogP) is 3.50. The lowest BCUT2D eigenvalue weighted by Gasteiger charge is -2.06. The highest BCUT2D eigenvalue weighted by molar-refractivity contribution is 7.16. The van der Waals surface area contributed by atoms with Crippen LogP contribution in [0.25, 0.3) is 10.2 Å². The van der Waals surface area contributed by atoms with Crippen LogP contribution < -0.4 is 14.3 Å². The molecule has 142 valence electrons. The number of nitrogens with zero attached hydrogens (tertiary/aromatic N) is 2. The molecule has 0 N–H and O–H groups in total. The van der Waals surface area contributed by atoms with E-state index in [1.807, 2.05) is 35.8 Å². The number of ether oxygens (including phenoxy) is 3. The summed E-state index contributed by atoms with van der Waals surface area (Å²) in [6.45, 7) is 3.75. The van der Waals surface area contributed by atoms with Crippen LogP contribution in [-0.4, -0.2) is 37.9 Å². The van der Waals surface area contributed by atoms with E-state index < -0.39 is 0 Å². The van der Waals surface area contributed by atoms with Gasteiger partial charge in [-0.05, 0) is 37.3 Å². The summed E-state index contributed by atoms with van der Waals surface area (Å²) < 4.78 is 19.1. The van der Waals surface area contributed by atoms with E-state index in [9.17, 15) is 4.79 Å². The van der Waals surface area contributed by atoms with Gasteiger partial charge in [-0.2, -0.15) is 4.99 Å². The summed E-state index contributed by atoms with van der Waals surface area (Å²) in [6.07, 6.45) is 0. The van der Waals surface area contributed by atoms with Crippen molar-refractivity contribution in [2.75, 3.05) is 27.4 Å². The fourth-order valence-electron chi connectivity index (χ4n) is 2.75. The van der Waals surface area contributed by atoms with Gasteiger partial charge in [0.1, 0.15) is 11.5 Å². The van der Waals surface area contributed by atoms with Crippen LogP contribution in [0.3, 0.4) is 0 Å². The zero-order valence-electron chi connectivity index (χ0n) is 15.6. The maximum Gasteiger partial charge on any atom is 0.283 e. The van der Waals surface area contributed by atoms with Crippen LogP contribution in [0.4, 0.5) is 0 Å². The van der Waals surface area contributed by atoms with E-state index in [4.69, 9.17) is 14.2 Å². The quantitative estimate of drug-likeness (QED) is 0.583. The lowest BCUT2D eigenvalue weighted by atomic mass is 10.2. The Morgan fingerprint density at radius 1 is 1.15 bits per heavy atom. The maximum atomic E-state index is 12.8. The second-order valence-corrected chi connectivity index (χ2v) is 6.69. The van der Waals surface area contributed by atoms with E-state index in [-0.39, 0.29) is 5.91 Å². The number of aromatic nitrogens is 1. The second-order valence-electron chi connectivity index (χ2n) is 5.68. The molecule has 2 aromatic carbocycles. The smallest absolute Gasteiger partial charge is 0.283 e. The van der Waals surface area contributed by atoms with Crippen LogP contribution in [0.2, 0.25) is 0 Å². The van der Waals surface area contributed by atoms with Crippen LogP contribution in [-0.2, 0) is 11.3 Å². The number of carbonyl (C=O) groups is 1. The molecule has 27 heavy (non-hydrogen) atoms. The summed E-state index contributed by atoms with van der Waals surface area (Å²) in [5, 5.41) is 0. The van der Waals surface area contributed by atoms with Gasteiger partial charge in [0.2, 0.25) is 0 Å². The predicted molar refractivity (Wildman–Crippen MR) is 106 cm³/mol. The van der Waals surface area contributed by atoms with Crippen molar-refractivity contribution in [3.05, 3.63) is 52.8 Å². The maximum absolute atomic E-state index is 12.8. The lowest BCUT2D eigenvalue weighted by Crippen LogP contribution is -2.19. The second kappa shape index (κ2) is 8.83. The van der Waals surface area contributed by atoms with Crippen molar-refractivity contribution in [2.24, 2.45) is 4.99 Å². The molecule has 0 atom stereocenters. The van der Waals surface area contributed by atoms with Gasteiger partial charge in [-0.15, -0.1) is 0 Å². The van der Waals surface area contributed by atoms with Gasteiger partial charge in [0.15, 0.2) is 4.80 Å². The number of carbonyl (C=O) groups excluding carboxylic acids is 1. The highest BCUT2D eigenvalue weighted by Crippen LogP contribution is 2.24. The monoisotopic (exact) mass is 386 g/mol. The Labute approximate surface area is 161 Å². The van der Waals surface area contributed by atoms with Gasteiger partial charge in [0.05, 0.1) is 36.6 Å². The van der Waals surface area contributed by atoms with Gasteiger partial charge < -0.3 is 18.8 Å². The molecule has 0 saturated heterocycles. The van der Waals surface area contributed by atoms with E-state index in [1.165, 1.54) is 11.3 Å². The molecule has 0 aliphatic heterocycles. The zero-order chi connectivity index (χ0) is 19.2. The summed E-state index contributed by atoms with van der Waals surface area (Å²) in [5.41, 5.74) is 1.43. The highest BCUT2D eigenvalue weighted by atomic mass is 32.1. The fourth-order valence-corrected chi connectivity index (χ4v) is 3.83. The van der Waals surface area contributed by atoms with Gasteiger partial charge in [-0.1, -0.05) is 23.5 Å². The Balaban J connectivity index is 2.09. The number of methoxy groups -OCH3 is 2. The summed E-state index contributed by atoms with van der Waals surface area (Å²) in [4.78, 5) is 17.8. The van der Waals surface area contributed by atoms with Crippen LogP contribution in [0.5, 0.6) is 11.5 Å². The molecule has 0 fully saturated rings. The van der Waals surface area contributed by atoms with Crippen molar-refractivity contribution in [2.45, 2.75) is 13.5 Å². The Morgan fingerprint density at radius 3 is 2.70 bits per heavy atom. The Morgan fingerprint density at radius 2 is 1.96 bits per heavy atom. The molecule has 1 amide bonds. The third-order valence-corrected chi connectivity index (χ3v) is 5.13. The molecule has 3 aromatic rings. The van der Waals surface area contributed by atoms with Crippen molar-refractivity contribution >= 4 is 27.5 Å². The topological polar surface area (TPSA) is 62.1 Å². The molecule has 3 rings (SSSR count). The van der Waals surface area contributed by atoms with E-state index in [1.54, 1.807) is 32.4 Å².